The highest BCUT2D eigenvalue weighted by atomic mass is 16.3. The van der Waals surface area contributed by atoms with Crippen LogP contribution < -0.4 is 0 Å². The molecule has 0 saturated heterocycles. The molecule has 14 aromatic rings. The summed E-state index contributed by atoms with van der Waals surface area (Å²) in [5.41, 5.74) is 16.1. The highest BCUT2D eigenvalue weighted by Crippen LogP contribution is 2.43. The zero-order valence-electron chi connectivity index (χ0n) is 37.0. The van der Waals surface area contributed by atoms with Crippen LogP contribution in [0, 0.1) is 0 Å². The van der Waals surface area contributed by atoms with Gasteiger partial charge in [0.1, 0.15) is 22.3 Å². The van der Waals surface area contributed by atoms with Crippen LogP contribution >= 0.6 is 0 Å². The maximum absolute atomic E-state index is 6.72. The van der Waals surface area contributed by atoms with Crippen LogP contribution in [0.5, 0.6) is 0 Å². The van der Waals surface area contributed by atoms with Gasteiger partial charge in [-0.2, -0.15) is 0 Å². The summed E-state index contributed by atoms with van der Waals surface area (Å²) in [7, 11) is 0. The molecule has 0 aliphatic rings. The molecule has 0 bridgehead atoms. The standard InChI is InChI=1S/C63H38N4O2/c1-4-15-39(16-5-1)43-27-30-55-51(34-43)48-23-10-12-25-54(48)67(55)47-37-50(60-49-24-11-13-26-56(49)69-59(60)38-47)45-29-32-58-53(36-45)52-35-44(28-31-57(52)68-58)42-21-14-22-46(33-42)63-65-61(40-17-6-2-7-18-40)64-62(66-63)41-19-8-3-9-20-41/h1-38H. The van der Waals surface area contributed by atoms with Gasteiger partial charge < -0.3 is 13.4 Å². The quantitative estimate of drug-likeness (QED) is 0.159. The number of hydrogen-bond donors (Lipinski definition) is 0. The smallest absolute Gasteiger partial charge is 0.164 e. The first-order valence-corrected chi connectivity index (χ1v) is 23.2. The minimum absolute atomic E-state index is 0.613. The van der Waals surface area contributed by atoms with E-state index in [1.165, 1.54) is 21.9 Å². The fraction of sp³-hybridized carbons (Fsp3) is 0. The Hall–Kier alpha value is -9.39. The van der Waals surface area contributed by atoms with Crippen molar-refractivity contribution in [2.24, 2.45) is 0 Å². The lowest BCUT2D eigenvalue weighted by Gasteiger charge is -2.12. The average Bonchev–Trinajstić information content (AvgIpc) is 4.10. The topological polar surface area (TPSA) is 69.9 Å². The zero-order chi connectivity index (χ0) is 45.4. The minimum Gasteiger partial charge on any atom is -0.456 e. The Morgan fingerprint density at radius 1 is 0.275 bits per heavy atom. The molecule has 0 spiro atoms. The number of benzene rings is 10. The molecule has 0 aliphatic carbocycles. The predicted octanol–water partition coefficient (Wildman–Crippen LogP) is 16.8. The van der Waals surface area contributed by atoms with Crippen molar-refractivity contribution < 1.29 is 8.83 Å². The van der Waals surface area contributed by atoms with Crippen molar-refractivity contribution in [1.82, 2.24) is 19.5 Å². The summed E-state index contributed by atoms with van der Waals surface area (Å²) >= 11 is 0. The van der Waals surface area contributed by atoms with Crippen molar-refractivity contribution in [2.75, 3.05) is 0 Å². The molecule has 0 amide bonds. The Bertz CT molecular complexity index is 4250. The third-order valence-corrected chi connectivity index (χ3v) is 13.4. The van der Waals surface area contributed by atoms with Crippen molar-refractivity contribution in [1.29, 1.82) is 0 Å². The number of para-hydroxylation sites is 2. The van der Waals surface area contributed by atoms with Crippen molar-refractivity contribution in [3.8, 4) is 73.2 Å². The van der Waals surface area contributed by atoms with Gasteiger partial charge >= 0.3 is 0 Å². The van der Waals surface area contributed by atoms with Gasteiger partial charge in [0.15, 0.2) is 17.5 Å². The van der Waals surface area contributed by atoms with Crippen LogP contribution in [-0.2, 0) is 0 Å². The number of nitrogens with zero attached hydrogens (tertiary/aromatic N) is 4. The second-order valence-electron chi connectivity index (χ2n) is 17.6. The Balaban J connectivity index is 0.912. The van der Waals surface area contributed by atoms with E-state index in [9.17, 15) is 0 Å². The van der Waals surface area contributed by atoms with E-state index in [0.717, 1.165) is 99.5 Å². The van der Waals surface area contributed by atoms with Gasteiger partial charge in [0.05, 0.1) is 16.7 Å². The molecule has 0 aliphatic heterocycles. The normalized spacial score (nSPS) is 11.8. The lowest BCUT2D eigenvalue weighted by atomic mass is 9.96. The zero-order valence-corrected chi connectivity index (χ0v) is 37.0. The summed E-state index contributed by atoms with van der Waals surface area (Å²) in [5, 5.41) is 6.63. The average molecular weight is 883 g/mol. The molecule has 0 fully saturated rings. The van der Waals surface area contributed by atoms with Crippen molar-refractivity contribution in [3.05, 3.63) is 231 Å². The molecule has 322 valence electrons. The van der Waals surface area contributed by atoms with Crippen molar-refractivity contribution in [3.63, 3.8) is 0 Å². The second-order valence-corrected chi connectivity index (χ2v) is 17.6. The summed E-state index contributed by atoms with van der Waals surface area (Å²) in [4.78, 5) is 14.9. The summed E-state index contributed by atoms with van der Waals surface area (Å²) in [6, 6.07) is 80.5. The molecule has 69 heavy (non-hydrogen) atoms. The molecule has 0 unspecified atom stereocenters. The van der Waals surface area contributed by atoms with E-state index >= 15 is 0 Å². The number of rotatable bonds is 7. The monoisotopic (exact) mass is 882 g/mol. The molecular weight excluding hydrogens is 845 g/mol. The third kappa shape index (κ3) is 6.53. The lowest BCUT2D eigenvalue weighted by Crippen LogP contribution is -2.00. The Morgan fingerprint density at radius 3 is 1.48 bits per heavy atom. The van der Waals surface area contributed by atoms with Gasteiger partial charge in [0.25, 0.3) is 0 Å². The first-order chi connectivity index (χ1) is 34.2. The number of hydrogen-bond acceptors (Lipinski definition) is 5. The summed E-state index contributed by atoms with van der Waals surface area (Å²) in [6.45, 7) is 0. The van der Waals surface area contributed by atoms with Crippen LogP contribution in [-0.4, -0.2) is 19.5 Å². The van der Waals surface area contributed by atoms with Gasteiger partial charge in [-0.3, -0.25) is 0 Å². The number of fused-ring (bicyclic) bond motifs is 9. The Morgan fingerprint density at radius 2 is 0.754 bits per heavy atom. The SMILES string of the molecule is c1ccc(-c2ccc3c(c2)c2ccccc2n3-c2cc(-c3ccc4oc5ccc(-c6cccc(-c7nc(-c8ccccc8)nc(-c8ccccc8)n7)c6)cc5c4c3)c3c(c2)oc2ccccc23)cc1. The van der Waals surface area contributed by atoms with Crippen LogP contribution in [0.1, 0.15) is 0 Å². The summed E-state index contributed by atoms with van der Waals surface area (Å²) in [5.74, 6) is 1.87. The molecule has 14 rings (SSSR count). The van der Waals surface area contributed by atoms with E-state index in [-0.39, 0.29) is 0 Å². The van der Waals surface area contributed by atoms with Crippen molar-refractivity contribution in [2.45, 2.75) is 0 Å². The van der Waals surface area contributed by atoms with Gasteiger partial charge in [-0.1, -0.05) is 164 Å². The lowest BCUT2D eigenvalue weighted by molar-refractivity contribution is 0.668. The maximum Gasteiger partial charge on any atom is 0.164 e. The fourth-order valence-corrected chi connectivity index (χ4v) is 10.2. The van der Waals surface area contributed by atoms with Gasteiger partial charge in [0.2, 0.25) is 0 Å². The van der Waals surface area contributed by atoms with Crippen LogP contribution in [0.3, 0.4) is 0 Å². The highest BCUT2D eigenvalue weighted by Gasteiger charge is 2.21. The van der Waals surface area contributed by atoms with Crippen LogP contribution in [0.15, 0.2) is 239 Å². The molecule has 0 N–H and O–H groups in total. The van der Waals surface area contributed by atoms with Gasteiger partial charge in [-0.15, -0.1) is 0 Å². The first kappa shape index (κ1) is 38.8. The number of furan rings is 2. The van der Waals surface area contributed by atoms with E-state index in [0.29, 0.717) is 17.5 Å². The summed E-state index contributed by atoms with van der Waals surface area (Å²) < 4.78 is 15.6. The van der Waals surface area contributed by atoms with Gasteiger partial charge in [-0.25, -0.2) is 15.0 Å². The van der Waals surface area contributed by atoms with Crippen LogP contribution in [0.4, 0.5) is 0 Å². The Kier molecular flexibility index (Phi) is 8.79. The summed E-state index contributed by atoms with van der Waals surface area (Å²) in [6.07, 6.45) is 0. The third-order valence-electron chi connectivity index (χ3n) is 13.4. The molecule has 4 aromatic heterocycles. The van der Waals surface area contributed by atoms with E-state index in [1.807, 2.05) is 66.7 Å². The molecule has 0 radical (unpaired) electrons. The molecule has 4 heterocycles. The molecule has 10 aromatic carbocycles. The molecule has 6 heteroatoms. The number of aromatic nitrogens is 4. The van der Waals surface area contributed by atoms with E-state index in [1.54, 1.807) is 0 Å². The van der Waals surface area contributed by atoms with E-state index in [2.05, 4.69) is 168 Å². The van der Waals surface area contributed by atoms with Crippen LogP contribution in [0.25, 0.3) is 139 Å². The second kappa shape index (κ2) is 15.6. The van der Waals surface area contributed by atoms with E-state index < -0.39 is 0 Å². The molecule has 0 atom stereocenters. The largest absolute Gasteiger partial charge is 0.456 e. The maximum atomic E-state index is 6.72. The first-order valence-electron chi connectivity index (χ1n) is 23.2. The molecular formula is C63H38N4O2. The van der Waals surface area contributed by atoms with Gasteiger partial charge in [-0.05, 0) is 94.0 Å². The van der Waals surface area contributed by atoms with Gasteiger partial charge in [0, 0.05) is 55.1 Å². The minimum atomic E-state index is 0.613. The van der Waals surface area contributed by atoms with Crippen molar-refractivity contribution >= 4 is 65.7 Å². The van der Waals surface area contributed by atoms with E-state index in [4.69, 9.17) is 23.8 Å². The van der Waals surface area contributed by atoms with Crippen LogP contribution in [0.2, 0.25) is 0 Å². The highest BCUT2D eigenvalue weighted by molar-refractivity contribution is 6.16. The fourth-order valence-electron chi connectivity index (χ4n) is 10.2. The Labute approximate surface area is 396 Å². The molecule has 6 nitrogen and oxygen atoms in total. The predicted molar refractivity (Wildman–Crippen MR) is 281 cm³/mol. The molecule has 0 saturated carbocycles.